The van der Waals surface area contributed by atoms with Gasteiger partial charge in [-0.3, -0.25) is 14.6 Å². The number of carbonyl (C=O) groups is 2. The van der Waals surface area contributed by atoms with Crippen molar-refractivity contribution in [1.82, 2.24) is 10.3 Å². The number of amides is 2. The second-order valence-electron chi connectivity index (χ2n) is 6.14. The van der Waals surface area contributed by atoms with Gasteiger partial charge in [0, 0.05) is 41.8 Å². The molecule has 7 nitrogen and oxygen atoms in total. The van der Waals surface area contributed by atoms with Crippen LogP contribution in [0, 0.1) is 0 Å². The van der Waals surface area contributed by atoms with E-state index in [9.17, 15) is 9.59 Å². The molecule has 0 atom stereocenters. The van der Waals surface area contributed by atoms with E-state index in [0.717, 1.165) is 5.56 Å². The van der Waals surface area contributed by atoms with Gasteiger partial charge in [0.25, 0.3) is 11.8 Å². The highest BCUT2D eigenvalue weighted by Gasteiger charge is 2.15. The number of ether oxygens (including phenoxy) is 2. The van der Waals surface area contributed by atoms with Crippen LogP contribution in [-0.4, -0.2) is 23.6 Å². The fourth-order valence-electron chi connectivity index (χ4n) is 2.74. The standard InChI is InChI=1S/C21H17N3O4/c25-20(23-12-14-2-1-9-22-11-14)15-3-5-16(6-4-15)21(26)24-17-7-8-18-19(10-17)28-13-27-18/h1-11H,12-13H2,(H,23,25)(H,24,26). The van der Waals surface area contributed by atoms with Crippen LogP contribution in [-0.2, 0) is 6.54 Å². The van der Waals surface area contributed by atoms with Gasteiger partial charge in [-0.1, -0.05) is 6.07 Å². The summed E-state index contributed by atoms with van der Waals surface area (Å²) >= 11 is 0. The smallest absolute Gasteiger partial charge is 0.255 e. The second kappa shape index (κ2) is 7.79. The molecule has 2 amide bonds. The predicted molar refractivity (Wildman–Crippen MR) is 102 cm³/mol. The molecule has 0 bridgehead atoms. The van der Waals surface area contributed by atoms with Gasteiger partial charge in [-0.05, 0) is 48.0 Å². The predicted octanol–water partition coefficient (Wildman–Crippen LogP) is 2.99. The van der Waals surface area contributed by atoms with Crippen LogP contribution in [0.25, 0.3) is 0 Å². The third-order valence-corrected chi connectivity index (χ3v) is 4.22. The van der Waals surface area contributed by atoms with E-state index >= 15 is 0 Å². The molecule has 140 valence electrons. The molecule has 7 heteroatoms. The maximum Gasteiger partial charge on any atom is 0.255 e. The van der Waals surface area contributed by atoms with Gasteiger partial charge in [-0.15, -0.1) is 0 Å². The van der Waals surface area contributed by atoms with Crippen LogP contribution in [0.3, 0.4) is 0 Å². The number of pyridine rings is 1. The molecular formula is C21H17N3O4. The molecule has 1 aliphatic rings. The summed E-state index contributed by atoms with van der Waals surface area (Å²) in [4.78, 5) is 28.7. The molecule has 1 aromatic heterocycles. The van der Waals surface area contributed by atoms with Gasteiger partial charge < -0.3 is 20.1 Å². The Kier molecular flexibility index (Phi) is 4.88. The van der Waals surface area contributed by atoms with Crippen molar-refractivity contribution in [2.45, 2.75) is 6.54 Å². The highest BCUT2D eigenvalue weighted by molar-refractivity contribution is 6.05. The minimum absolute atomic E-state index is 0.178. The Morgan fingerprint density at radius 3 is 2.43 bits per heavy atom. The van der Waals surface area contributed by atoms with E-state index in [0.29, 0.717) is 34.9 Å². The first kappa shape index (κ1) is 17.5. The van der Waals surface area contributed by atoms with Crippen molar-refractivity contribution in [3.63, 3.8) is 0 Å². The number of hydrogen-bond donors (Lipinski definition) is 2. The molecule has 2 aromatic carbocycles. The molecule has 4 rings (SSSR count). The van der Waals surface area contributed by atoms with Crippen molar-refractivity contribution >= 4 is 17.5 Å². The summed E-state index contributed by atoms with van der Waals surface area (Å²) in [5.41, 5.74) is 2.44. The van der Waals surface area contributed by atoms with Gasteiger partial charge in [0.2, 0.25) is 6.79 Å². The van der Waals surface area contributed by atoms with Crippen LogP contribution in [0.1, 0.15) is 26.3 Å². The summed E-state index contributed by atoms with van der Waals surface area (Å²) in [5, 5.41) is 5.62. The molecule has 0 saturated heterocycles. The van der Waals surface area contributed by atoms with Crippen LogP contribution < -0.4 is 20.1 Å². The van der Waals surface area contributed by atoms with Crippen LogP contribution in [0.5, 0.6) is 11.5 Å². The Balaban J connectivity index is 1.37. The van der Waals surface area contributed by atoms with Crippen molar-refractivity contribution < 1.29 is 19.1 Å². The zero-order valence-corrected chi connectivity index (χ0v) is 14.8. The molecule has 28 heavy (non-hydrogen) atoms. The Labute approximate surface area is 161 Å². The largest absolute Gasteiger partial charge is 0.454 e. The van der Waals surface area contributed by atoms with E-state index in [1.165, 1.54) is 0 Å². The first-order valence-corrected chi connectivity index (χ1v) is 8.67. The Morgan fingerprint density at radius 2 is 1.68 bits per heavy atom. The SMILES string of the molecule is O=C(NCc1cccnc1)c1ccc(C(=O)Nc2ccc3c(c2)OCO3)cc1. The van der Waals surface area contributed by atoms with Gasteiger partial charge in [0.15, 0.2) is 11.5 Å². The molecule has 0 spiro atoms. The summed E-state index contributed by atoms with van der Waals surface area (Å²) in [6.45, 7) is 0.566. The van der Waals surface area contributed by atoms with Crippen LogP contribution in [0.15, 0.2) is 67.0 Å². The topological polar surface area (TPSA) is 89.6 Å². The maximum absolute atomic E-state index is 12.4. The lowest BCUT2D eigenvalue weighted by molar-refractivity contribution is 0.0949. The zero-order valence-electron chi connectivity index (χ0n) is 14.8. The molecule has 0 fully saturated rings. The quantitative estimate of drug-likeness (QED) is 0.716. The first-order chi connectivity index (χ1) is 13.7. The first-order valence-electron chi connectivity index (χ1n) is 8.67. The third-order valence-electron chi connectivity index (χ3n) is 4.22. The van der Waals surface area contributed by atoms with E-state index in [1.54, 1.807) is 54.9 Å². The van der Waals surface area contributed by atoms with Crippen molar-refractivity contribution in [1.29, 1.82) is 0 Å². The van der Waals surface area contributed by atoms with Crippen LogP contribution in [0.2, 0.25) is 0 Å². The number of rotatable bonds is 5. The number of hydrogen-bond acceptors (Lipinski definition) is 5. The molecule has 0 unspecified atom stereocenters. The monoisotopic (exact) mass is 375 g/mol. The molecule has 0 saturated carbocycles. The van der Waals surface area contributed by atoms with Gasteiger partial charge in [-0.25, -0.2) is 0 Å². The number of benzene rings is 2. The number of fused-ring (bicyclic) bond motifs is 1. The molecular weight excluding hydrogens is 358 g/mol. The molecule has 2 heterocycles. The Hall–Kier alpha value is -3.87. The Bertz CT molecular complexity index is 1000. The Morgan fingerprint density at radius 1 is 0.929 bits per heavy atom. The highest BCUT2D eigenvalue weighted by atomic mass is 16.7. The number of nitrogens with one attached hydrogen (secondary N) is 2. The van der Waals surface area contributed by atoms with Gasteiger partial charge in [0.05, 0.1) is 0 Å². The highest BCUT2D eigenvalue weighted by Crippen LogP contribution is 2.34. The van der Waals surface area contributed by atoms with Gasteiger partial charge in [0.1, 0.15) is 0 Å². The molecule has 3 aromatic rings. The zero-order chi connectivity index (χ0) is 19.3. The minimum atomic E-state index is -0.277. The average molecular weight is 375 g/mol. The third kappa shape index (κ3) is 3.93. The normalized spacial score (nSPS) is 11.7. The fourth-order valence-corrected chi connectivity index (χ4v) is 2.74. The minimum Gasteiger partial charge on any atom is -0.454 e. The number of nitrogens with zero attached hydrogens (tertiary/aromatic N) is 1. The molecule has 1 aliphatic heterocycles. The molecule has 2 N–H and O–H groups in total. The van der Waals surface area contributed by atoms with E-state index < -0.39 is 0 Å². The lowest BCUT2D eigenvalue weighted by atomic mass is 10.1. The maximum atomic E-state index is 12.4. The summed E-state index contributed by atoms with van der Waals surface area (Å²) in [5.74, 6) is 0.755. The summed E-state index contributed by atoms with van der Waals surface area (Å²) in [7, 11) is 0. The number of carbonyl (C=O) groups excluding carboxylic acids is 2. The van der Waals surface area contributed by atoms with Crippen molar-refractivity contribution in [2.24, 2.45) is 0 Å². The number of anilines is 1. The fraction of sp³-hybridized carbons (Fsp3) is 0.0952. The van der Waals surface area contributed by atoms with E-state index in [-0.39, 0.29) is 18.6 Å². The summed E-state index contributed by atoms with van der Waals surface area (Å²) < 4.78 is 10.6. The molecule has 0 aliphatic carbocycles. The average Bonchev–Trinajstić information content (AvgIpc) is 3.21. The number of aromatic nitrogens is 1. The van der Waals surface area contributed by atoms with Crippen molar-refractivity contribution in [3.8, 4) is 11.5 Å². The van der Waals surface area contributed by atoms with E-state index in [2.05, 4.69) is 15.6 Å². The van der Waals surface area contributed by atoms with Gasteiger partial charge >= 0.3 is 0 Å². The lowest BCUT2D eigenvalue weighted by Gasteiger charge is -2.08. The van der Waals surface area contributed by atoms with Crippen LogP contribution in [0.4, 0.5) is 5.69 Å². The van der Waals surface area contributed by atoms with Crippen molar-refractivity contribution in [3.05, 3.63) is 83.7 Å². The van der Waals surface area contributed by atoms with Crippen LogP contribution >= 0.6 is 0 Å². The van der Waals surface area contributed by atoms with E-state index in [1.807, 2.05) is 12.1 Å². The van der Waals surface area contributed by atoms with Gasteiger partial charge in [-0.2, -0.15) is 0 Å². The summed E-state index contributed by atoms with van der Waals surface area (Å²) in [6.07, 6.45) is 3.38. The van der Waals surface area contributed by atoms with Crippen molar-refractivity contribution in [2.75, 3.05) is 12.1 Å². The second-order valence-corrected chi connectivity index (χ2v) is 6.14. The summed E-state index contributed by atoms with van der Waals surface area (Å²) in [6, 6.07) is 15.4. The molecule has 0 radical (unpaired) electrons. The van der Waals surface area contributed by atoms with E-state index in [4.69, 9.17) is 9.47 Å². The lowest BCUT2D eigenvalue weighted by Crippen LogP contribution is -2.23.